The fourth-order valence-electron chi connectivity index (χ4n) is 15.3. The van der Waals surface area contributed by atoms with Gasteiger partial charge in [0.05, 0.1) is 57.6 Å². The van der Waals surface area contributed by atoms with Crippen LogP contribution in [0.25, 0.3) is 145 Å². The smallest absolute Gasteiger partial charge is 0.715 e. The van der Waals surface area contributed by atoms with E-state index in [0.29, 0.717) is 203 Å². The van der Waals surface area contributed by atoms with Crippen LogP contribution in [0.4, 0.5) is 0 Å². The first-order valence-corrected chi connectivity index (χ1v) is 41.1. The molecule has 10 aromatic heterocycles. The largest absolute Gasteiger partial charge is 2.00 e. The number of nitrogens with zero attached hydrogens (tertiary/aromatic N) is 14. The molecule has 24 nitrogen and oxygen atoms in total. The van der Waals surface area contributed by atoms with Crippen molar-refractivity contribution in [2.75, 3.05) is 26.4 Å². The Morgan fingerprint density at radius 1 is 0.364 bits per heavy atom. The Labute approximate surface area is 780 Å². The van der Waals surface area contributed by atoms with Gasteiger partial charge in [-0.25, -0.2) is 36.0 Å². The quantitative estimate of drug-likeness (QED) is 0.0357. The monoisotopic (exact) mass is 1850 g/mol. The SMILES string of the molecule is [CH2-]c1c2nc(c3c4ccc([n-]4)c(C#CC#CC)c4nc(c(c5ccc1[n-]5)CCC(=O)OC/C=C/COC(=O)CCc1c5nc(c(C#CC#Cc6c7nc(c(CCC(C)=O)c8ccc([n-]8)c(-n8ccnc8)c8nc(c(CCC(C)=O)c9ccc6[n-]9)C=C8)C=C7)c6ccc([n-]6)c(c6nc(c([CH2-])c7ccc1[n-]7)C=C6)CCC(=O)OC/C=C/COC(=O)CC3)C=C5)C=C4)C=C2.[Zn+2].[Zn].[Zn]. The molecule has 20 heterocycles. The number of hydrogen-bond donors (Lipinski definition) is 0. The molecule has 0 aromatic carbocycles. The van der Waals surface area contributed by atoms with Crippen LogP contribution in [0, 0.1) is 61.2 Å². The van der Waals surface area contributed by atoms with Gasteiger partial charge in [-0.05, 0) is 213 Å². The van der Waals surface area contributed by atoms with Gasteiger partial charge in [0.2, 0.25) is 0 Å². The first-order chi connectivity index (χ1) is 61.5. The topological polar surface area (TPSA) is 319 Å². The van der Waals surface area contributed by atoms with Crippen molar-refractivity contribution in [1.29, 1.82) is 0 Å². The van der Waals surface area contributed by atoms with Crippen LogP contribution in [0.5, 0.6) is 0 Å². The number of carbonyl (C=O) groups excluding carboxylic acids is 6. The van der Waals surface area contributed by atoms with E-state index in [2.05, 4.69) is 66.2 Å². The summed E-state index contributed by atoms with van der Waals surface area (Å²) in [5, 5.41) is 0. The van der Waals surface area contributed by atoms with E-state index in [4.69, 9.17) is 78.8 Å². The Morgan fingerprint density at radius 2 is 0.651 bits per heavy atom. The summed E-state index contributed by atoms with van der Waals surface area (Å²) in [4.78, 5) is 147. The zero-order valence-electron chi connectivity index (χ0n) is 71.1. The average molecular weight is 1850 g/mol. The first-order valence-electron chi connectivity index (χ1n) is 41.1. The number of imidazole rings is 1. The van der Waals surface area contributed by atoms with Crippen molar-refractivity contribution >= 4 is 175 Å². The molecule has 129 heavy (non-hydrogen) atoms. The number of Topliss-reactive ketones (excluding diaryl/α,β-unsaturated/α-hetero) is 2. The predicted molar refractivity (Wildman–Crippen MR) is 484 cm³/mol. The van der Waals surface area contributed by atoms with Gasteiger partial charge < -0.3 is 73.0 Å². The van der Waals surface area contributed by atoms with Crippen molar-refractivity contribution in [1.82, 2.24) is 69.4 Å². The van der Waals surface area contributed by atoms with Gasteiger partial charge in [0.15, 0.2) is 0 Å². The zero-order chi connectivity index (χ0) is 86.7. The van der Waals surface area contributed by atoms with E-state index >= 15 is 0 Å². The standard InChI is InChI=1S/C102H76N14O10.3Zn/c1-6-7-8-15-65-78-36-42-90(110-78)70-22-50-98(119)123-56-11-13-58-125-100(121)52-24-72-86-32-28-76(106-86)64(5)77-29-33-87(107-77)73(25-53-101(122)126-59-14-12-57-124-99(120)51-23-71(91-43-37-79(65)111-91)85-31-27-75(105-85)63(4)74-26-30-84(70)104-74)93-45-39-83(113-93)67(82-38-44-92(72)112-82)17-10-9-16-66-80-34-40-88(108-80)68(20-18-61(2)117)94-46-48-96(114-94)102(116-55-54-103-60-116)97-49-47-95(115-97)69(21-19-62(3)118)89-41-35-81(66)109-89;;;/h11-14,26-49,54-55,60H,4-5,18-25,50-53,56-59H2,1-3H3;;;/q-8;;;+2/b13-11+,14-12+,74-63?,75-63?,76-64?,77-64?,78-65?,79-65?,80-66?,81-66?,82-67?,83-67?,84-70?,85-71?,86-72?,87-73?,88-68?,89-69?,90-70?,91-71?,92-72?,93-73?,94-68?,95-69?,102-96?,102-97?;;;. The van der Waals surface area contributed by atoms with Crippen LogP contribution in [-0.4, -0.2) is 101 Å². The molecule has 0 N–H and O–H groups in total. The number of aryl methyl sites for hydroxylation is 6. The van der Waals surface area contributed by atoms with Crippen LogP contribution in [0.2, 0.25) is 0 Å². The summed E-state index contributed by atoms with van der Waals surface area (Å²) in [6, 6.07) is 22.3. The third kappa shape index (κ3) is 20.8. The first kappa shape index (κ1) is 90.8. The molecule has 0 amide bonds. The van der Waals surface area contributed by atoms with E-state index in [1.54, 1.807) is 57.6 Å². The summed E-state index contributed by atoms with van der Waals surface area (Å²) in [5.74, 6) is 22.7. The predicted octanol–water partition coefficient (Wildman–Crippen LogP) is 14.5. The minimum Gasteiger partial charge on any atom is -0.715 e. The van der Waals surface area contributed by atoms with Crippen LogP contribution in [-0.2, 0) is 145 Å². The molecule has 0 saturated heterocycles. The Balaban J connectivity index is 0.00000448. The molecule has 28 bridgehead atoms. The number of hydrogen-bond acceptors (Lipinski definition) is 17. The summed E-state index contributed by atoms with van der Waals surface area (Å²) in [6.07, 6.45) is 35.4. The molecule has 0 fully saturated rings. The van der Waals surface area contributed by atoms with Gasteiger partial charge in [0.1, 0.15) is 38.0 Å². The Hall–Kier alpha value is -14.4. The van der Waals surface area contributed by atoms with E-state index in [0.717, 1.165) is 11.1 Å². The molecule has 0 saturated carbocycles. The van der Waals surface area contributed by atoms with E-state index in [1.807, 2.05) is 156 Å². The van der Waals surface area contributed by atoms with Crippen molar-refractivity contribution in [2.24, 2.45) is 0 Å². The minimum atomic E-state index is -0.519. The molecular weight excluding hydrogens is 1780 g/mol. The molecular formula is C102H76N14O10Zn3-6. The van der Waals surface area contributed by atoms with Gasteiger partial charge in [-0.1, -0.05) is 96.5 Å². The van der Waals surface area contributed by atoms with E-state index in [1.165, 1.54) is 0 Å². The molecule has 20 rings (SSSR count). The molecule has 0 atom stereocenters. The van der Waals surface area contributed by atoms with E-state index < -0.39 is 23.9 Å². The summed E-state index contributed by atoms with van der Waals surface area (Å²) in [7, 11) is 0. The third-order valence-corrected chi connectivity index (χ3v) is 21.7. The van der Waals surface area contributed by atoms with Gasteiger partial charge in [-0.2, -0.15) is 25.0 Å². The molecule has 0 radical (unpaired) electrons. The maximum absolute atomic E-state index is 13.9. The maximum atomic E-state index is 13.9. The van der Waals surface area contributed by atoms with Gasteiger partial charge in [-0.3, -0.25) is 19.2 Å². The number of ether oxygens (including phenoxy) is 4. The van der Waals surface area contributed by atoms with E-state index in [-0.39, 0.29) is 161 Å². The number of rotatable bonds is 7. The van der Waals surface area contributed by atoms with Crippen molar-refractivity contribution in [3.05, 3.63) is 259 Å². The van der Waals surface area contributed by atoms with Crippen molar-refractivity contribution in [3.63, 3.8) is 0 Å². The molecule has 0 spiro atoms. The van der Waals surface area contributed by atoms with Crippen LogP contribution in [0.15, 0.2) is 116 Å². The molecule has 27 heteroatoms. The van der Waals surface area contributed by atoms with Gasteiger partial charge >= 0.3 is 43.4 Å². The Morgan fingerprint density at radius 3 is 1.02 bits per heavy atom. The fourth-order valence-corrected chi connectivity index (χ4v) is 15.3. The third-order valence-electron chi connectivity index (χ3n) is 21.7. The van der Waals surface area contributed by atoms with Crippen molar-refractivity contribution in [2.45, 2.75) is 97.8 Å². The minimum absolute atomic E-state index is 0. The fraction of sp³-hybridized carbons (Fsp3) is 0.186. The van der Waals surface area contributed by atoms with Crippen LogP contribution in [0.1, 0.15) is 189 Å². The second-order valence-electron chi connectivity index (χ2n) is 30.1. The summed E-state index contributed by atoms with van der Waals surface area (Å²) < 4.78 is 24.8. The second kappa shape index (κ2) is 41.3. The Kier molecular flexibility index (Phi) is 29.1. The molecule has 10 aliphatic rings. The second-order valence-corrected chi connectivity index (χ2v) is 30.1. The summed E-state index contributed by atoms with van der Waals surface area (Å²) in [5.41, 5.74) is 19.9. The summed E-state index contributed by atoms with van der Waals surface area (Å²) >= 11 is 0. The summed E-state index contributed by atoms with van der Waals surface area (Å²) in [6.45, 7) is 13.2. The molecule has 10 aromatic rings. The van der Waals surface area contributed by atoms with Crippen LogP contribution >= 0.6 is 0 Å². The van der Waals surface area contributed by atoms with Crippen molar-refractivity contribution in [3.8, 4) is 53.1 Å². The van der Waals surface area contributed by atoms with Gasteiger partial charge in [0, 0.05) is 118 Å². The average Bonchev–Trinajstić information content (AvgIpc) is 1.63. The van der Waals surface area contributed by atoms with E-state index in [9.17, 15) is 28.8 Å². The maximum Gasteiger partial charge on any atom is 2.00 e. The zero-order valence-corrected chi connectivity index (χ0v) is 80.0. The molecule has 0 unspecified atom stereocenters. The molecule has 0 aliphatic carbocycles. The normalized spacial score (nSPS) is 14.3. The van der Waals surface area contributed by atoms with Gasteiger partial charge in [-0.15, -0.1) is 67.3 Å². The van der Waals surface area contributed by atoms with Gasteiger partial charge in [0.25, 0.3) is 0 Å². The molecule has 10 aliphatic heterocycles. The van der Waals surface area contributed by atoms with Crippen LogP contribution < -0.4 is 29.9 Å². The number of aromatic nitrogens is 14. The number of fused-ring (bicyclic) bond motifs is 8. The number of esters is 4. The van der Waals surface area contributed by atoms with Crippen molar-refractivity contribution < 1.29 is 106 Å². The number of ketones is 2. The Bertz CT molecular complexity index is 7300. The molecule has 626 valence electrons. The number of carbonyl (C=O) groups is 6. The van der Waals surface area contributed by atoms with Crippen LogP contribution in [0.3, 0.4) is 0 Å².